The van der Waals surface area contributed by atoms with Crippen molar-refractivity contribution >= 4 is 11.6 Å². The van der Waals surface area contributed by atoms with Gasteiger partial charge in [0.1, 0.15) is 0 Å². The SMILES string of the molecule is CNC(CCN1CCC(C)C(OC)C1)c1ccccc1Cl. The lowest BCUT2D eigenvalue weighted by molar-refractivity contribution is -0.00576. The molecule has 1 aliphatic rings. The first-order valence-corrected chi connectivity index (χ1v) is 8.20. The maximum Gasteiger partial charge on any atom is 0.0724 e. The molecule has 0 bridgehead atoms. The van der Waals surface area contributed by atoms with Crippen molar-refractivity contribution in [2.45, 2.75) is 31.9 Å². The first-order valence-electron chi connectivity index (χ1n) is 7.82. The second-order valence-corrected chi connectivity index (χ2v) is 6.40. The van der Waals surface area contributed by atoms with Gasteiger partial charge in [0.2, 0.25) is 0 Å². The van der Waals surface area contributed by atoms with Crippen molar-refractivity contribution in [1.82, 2.24) is 10.2 Å². The van der Waals surface area contributed by atoms with Crippen molar-refractivity contribution in [3.63, 3.8) is 0 Å². The molecule has 0 spiro atoms. The highest BCUT2D eigenvalue weighted by atomic mass is 35.5. The third-order valence-corrected chi connectivity index (χ3v) is 4.98. The van der Waals surface area contributed by atoms with Crippen LogP contribution in [0.5, 0.6) is 0 Å². The van der Waals surface area contributed by atoms with Gasteiger partial charge in [-0.2, -0.15) is 0 Å². The molecule has 1 aliphatic heterocycles. The van der Waals surface area contributed by atoms with Crippen molar-refractivity contribution in [2.75, 3.05) is 33.8 Å². The third-order valence-electron chi connectivity index (χ3n) is 4.64. The van der Waals surface area contributed by atoms with Gasteiger partial charge in [-0.15, -0.1) is 0 Å². The summed E-state index contributed by atoms with van der Waals surface area (Å²) in [7, 11) is 3.83. The molecule has 118 valence electrons. The van der Waals surface area contributed by atoms with E-state index < -0.39 is 0 Å². The molecule has 1 aromatic rings. The van der Waals surface area contributed by atoms with Crippen molar-refractivity contribution in [3.8, 4) is 0 Å². The smallest absolute Gasteiger partial charge is 0.0724 e. The predicted octanol–water partition coefficient (Wildman–Crippen LogP) is 3.35. The minimum Gasteiger partial charge on any atom is -0.380 e. The van der Waals surface area contributed by atoms with E-state index in [-0.39, 0.29) is 0 Å². The Morgan fingerprint density at radius 3 is 2.86 bits per heavy atom. The van der Waals surface area contributed by atoms with Crippen LogP contribution in [0.3, 0.4) is 0 Å². The molecule has 0 aromatic heterocycles. The highest BCUT2D eigenvalue weighted by Crippen LogP contribution is 2.26. The standard InChI is InChI=1S/C17H27ClN2O/c1-13-8-10-20(12-17(13)21-3)11-9-16(19-2)14-6-4-5-7-15(14)18/h4-7,13,16-17,19H,8-12H2,1-3H3. The number of hydrogen-bond acceptors (Lipinski definition) is 3. The topological polar surface area (TPSA) is 24.5 Å². The fourth-order valence-corrected chi connectivity index (χ4v) is 3.40. The molecule has 2 rings (SSSR count). The lowest BCUT2D eigenvalue weighted by Crippen LogP contribution is -2.44. The number of hydrogen-bond donors (Lipinski definition) is 1. The third kappa shape index (κ3) is 4.43. The lowest BCUT2D eigenvalue weighted by Gasteiger charge is -2.36. The summed E-state index contributed by atoms with van der Waals surface area (Å²) in [6.07, 6.45) is 2.65. The first kappa shape index (κ1) is 16.8. The van der Waals surface area contributed by atoms with E-state index >= 15 is 0 Å². The Bertz CT molecular complexity index is 441. The average Bonchev–Trinajstić information content (AvgIpc) is 2.51. The van der Waals surface area contributed by atoms with Crippen LogP contribution < -0.4 is 5.32 Å². The van der Waals surface area contributed by atoms with Crippen molar-refractivity contribution < 1.29 is 4.74 Å². The van der Waals surface area contributed by atoms with E-state index in [4.69, 9.17) is 16.3 Å². The number of methoxy groups -OCH3 is 1. The van der Waals surface area contributed by atoms with E-state index in [1.807, 2.05) is 26.3 Å². The first-order chi connectivity index (χ1) is 10.2. The van der Waals surface area contributed by atoms with Crippen LogP contribution in [0.25, 0.3) is 0 Å². The monoisotopic (exact) mass is 310 g/mol. The van der Waals surface area contributed by atoms with E-state index in [0.717, 1.165) is 24.5 Å². The van der Waals surface area contributed by atoms with Crippen molar-refractivity contribution in [1.29, 1.82) is 0 Å². The summed E-state index contributed by atoms with van der Waals surface area (Å²) in [6.45, 7) is 5.56. The van der Waals surface area contributed by atoms with Gasteiger partial charge in [-0.3, -0.25) is 0 Å². The van der Waals surface area contributed by atoms with Crippen LogP contribution in [0.15, 0.2) is 24.3 Å². The fraction of sp³-hybridized carbons (Fsp3) is 0.647. The fourth-order valence-electron chi connectivity index (χ4n) is 3.13. The molecule has 3 unspecified atom stereocenters. The number of nitrogens with one attached hydrogen (secondary N) is 1. The molecule has 1 fully saturated rings. The van der Waals surface area contributed by atoms with Crippen LogP contribution in [0, 0.1) is 5.92 Å². The summed E-state index contributed by atoms with van der Waals surface area (Å²) in [5.74, 6) is 0.662. The molecule has 0 saturated carbocycles. The van der Waals surface area contributed by atoms with Gasteiger partial charge in [-0.05, 0) is 44.0 Å². The van der Waals surface area contributed by atoms with Crippen LogP contribution in [0.2, 0.25) is 5.02 Å². The van der Waals surface area contributed by atoms with E-state index in [2.05, 4.69) is 29.3 Å². The normalized spacial score (nSPS) is 25.0. The number of nitrogens with zero attached hydrogens (tertiary/aromatic N) is 1. The van der Waals surface area contributed by atoms with Gasteiger partial charge in [0, 0.05) is 31.3 Å². The molecule has 3 atom stereocenters. The minimum absolute atomic E-state index is 0.305. The van der Waals surface area contributed by atoms with Crippen LogP contribution in [0.4, 0.5) is 0 Å². The zero-order valence-corrected chi connectivity index (χ0v) is 14.1. The molecule has 0 amide bonds. The van der Waals surface area contributed by atoms with Gasteiger partial charge >= 0.3 is 0 Å². The largest absolute Gasteiger partial charge is 0.380 e. The van der Waals surface area contributed by atoms with E-state index in [1.54, 1.807) is 0 Å². The number of ether oxygens (including phenoxy) is 1. The molecule has 3 nitrogen and oxygen atoms in total. The van der Waals surface area contributed by atoms with Gasteiger partial charge in [0.05, 0.1) is 6.10 Å². The second-order valence-electron chi connectivity index (χ2n) is 5.99. The van der Waals surface area contributed by atoms with Gasteiger partial charge in [0.25, 0.3) is 0 Å². The molecule has 1 N–H and O–H groups in total. The summed E-state index contributed by atoms with van der Waals surface area (Å²) in [5.41, 5.74) is 1.19. The molecule has 21 heavy (non-hydrogen) atoms. The van der Waals surface area contributed by atoms with E-state index in [1.165, 1.54) is 18.5 Å². The van der Waals surface area contributed by atoms with Gasteiger partial charge in [0.15, 0.2) is 0 Å². The Morgan fingerprint density at radius 1 is 1.43 bits per heavy atom. The minimum atomic E-state index is 0.305. The quantitative estimate of drug-likeness (QED) is 0.872. The molecule has 1 aromatic carbocycles. The van der Waals surface area contributed by atoms with Crippen molar-refractivity contribution in [2.24, 2.45) is 5.92 Å². The molecule has 0 aliphatic carbocycles. The Labute approximate surface area is 133 Å². The molecule has 0 radical (unpaired) electrons. The van der Waals surface area contributed by atoms with Gasteiger partial charge in [-0.25, -0.2) is 0 Å². The summed E-state index contributed by atoms with van der Waals surface area (Å²) in [5, 5.41) is 4.24. The van der Waals surface area contributed by atoms with E-state index in [0.29, 0.717) is 18.1 Å². The number of piperidine rings is 1. The highest BCUT2D eigenvalue weighted by Gasteiger charge is 2.26. The Morgan fingerprint density at radius 2 is 2.19 bits per heavy atom. The zero-order chi connectivity index (χ0) is 15.2. The molecule has 4 heteroatoms. The number of benzene rings is 1. The number of halogens is 1. The lowest BCUT2D eigenvalue weighted by atomic mass is 9.95. The van der Waals surface area contributed by atoms with Gasteiger partial charge in [-0.1, -0.05) is 36.7 Å². The van der Waals surface area contributed by atoms with Crippen LogP contribution >= 0.6 is 11.6 Å². The maximum atomic E-state index is 6.31. The predicted molar refractivity (Wildman–Crippen MR) is 88.9 cm³/mol. The average molecular weight is 311 g/mol. The number of likely N-dealkylation sites (tertiary alicyclic amines) is 1. The molecule has 1 saturated heterocycles. The number of rotatable bonds is 6. The van der Waals surface area contributed by atoms with Crippen molar-refractivity contribution in [3.05, 3.63) is 34.9 Å². The maximum absolute atomic E-state index is 6.31. The Hall–Kier alpha value is -0.610. The summed E-state index contributed by atoms with van der Waals surface area (Å²) < 4.78 is 5.59. The zero-order valence-electron chi connectivity index (χ0n) is 13.3. The Kier molecular flexibility index (Phi) is 6.49. The van der Waals surface area contributed by atoms with E-state index in [9.17, 15) is 0 Å². The molecular formula is C17H27ClN2O. The van der Waals surface area contributed by atoms with Crippen LogP contribution in [-0.2, 0) is 4.74 Å². The summed E-state index contributed by atoms with van der Waals surface area (Å²) in [4.78, 5) is 2.51. The van der Waals surface area contributed by atoms with Gasteiger partial charge < -0.3 is 15.0 Å². The summed E-state index contributed by atoms with van der Waals surface area (Å²) in [6, 6.07) is 8.41. The Balaban J connectivity index is 1.90. The molecule has 1 heterocycles. The molecular weight excluding hydrogens is 284 g/mol. The van der Waals surface area contributed by atoms with Crippen LogP contribution in [0.1, 0.15) is 31.4 Å². The highest BCUT2D eigenvalue weighted by molar-refractivity contribution is 6.31. The van der Waals surface area contributed by atoms with Crippen LogP contribution in [-0.4, -0.2) is 44.8 Å². The summed E-state index contributed by atoms with van der Waals surface area (Å²) >= 11 is 6.31. The second kappa shape index (κ2) is 8.14.